The Morgan fingerprint density at radius 2 is 1.78 bits per heavy atom. The number of benzene rings is 2. The first kappa shape index (κ1) is 15.7. The largest absolute Gasteiger partial charge is 0.416 e. The number of carbonyl (C=O) groups is 1. The zero-order valence-electron chi connectivity index (χ0n) is 11.9. The Bertz CT molecular complexity index is 761. The number of amides is 1. The van der Waals surface area contributed by atoms with Crippen LogP contribution in [0.2, 0.25) is 0 Å². The molecule has 2 N–H and O–H groups in total. The van der Waals surface area contributed by atoms with Crippen molar-refractivity contribution in [3.05, 3.63) is 48.0 Å². The van der Waals surface area contributed by atoms with Crippen molar-refractivity contribution in [2.45, 2.75) is 22.4 Å². The number of alkyl halides is 3. The van der Waals surface area contributed by atoms with E-state index in [9.17, 15) is 18.0 Å². The van der Waals surface area contributed by atoms with E-state index in [0.717, 1.165) is 27.6 Å². The highest BCUT2D eigenvalue weighted by Crippen LogP contribution is 2.49. The molecule has 0 saturated carbocycles. The van der Waals surface area contributed by atoms with Crippen LogP contribution in [0.15, 0.2) is 52.3 Å². The van der Waals surface area contributed by atoms with Gasteiger partial charge in [-0.1, -0.05) is 23.9 Å². The van der Waals surface area contributed by atoms with Crippen molar-refractivity contribution in [3.8, 4) is 0 Å². The van der Waals surface area contributed by atoms with Gasteiger partial charge in [-0.3, -0.25) is 4.79 Å². The lowest BCUT2D eigenvalue weighted by molar-refractivity contribution is -0.137. The van der Waals surface area contributed by atoms with Crippen molar-refractivity contribution >= 4 is 29.0 Å². The predicted molar refractivity (Wildman–Crippen MR) is 82.8 cm³/mol. The number of nitrogens with zero attached hydrogens (tertiary/aromatic N) is 1. The molecule has 1 amide bonds. The molecule has 2 aromatic carbocycles. The molecule has 0 atom stereocenters. The molecule has 0 radical (unpaired) electrons. The van der Waals surface area contributed by atoms with Crippen molar-refractivity contribution in [2.75, 3.05) is 11.4 Å². The van der Waals surface area contributed by atoms with Gasteiger partial charge in [0.2, 0.25) is 5.91 Å². The van der Waals surface area contributed by atoms with Gasteiger partial charge in [0.25, 0.3) is 0 Å². The van der Waals surface area contributed by atoms with E-state index in [-0.39, 0.29) is 13.0 Å². The summed E-state index contributed by atoms with van der Waals surface area (Å²) in [5.41, 5.74) is 5.72. The van der Waals surface area contributed by atoms with E-state index in [1.54, 1.807) is 4.90 Å². The minimum absolute atomic E-state index is 0.0642. The second-order valence-corrected chi connectivity index (χ2v) is 6.20. The maximum absolute atomic E-state index is 13.0. The second-order valence-electron chi connectivity index (χ2n) is 5.12. The molecule has 1 heterocycles. The second kappa shape index (κ2) is 5.81. The maximum Gasteiger partial charge on any atom is 0.416 e. The third kappa shape index (κ3) is 3.14. The van der Waals surface area contributed by atoms with Crippen LogP contribution in [0.4, 0.5) is 24.5 Å². The van der Waals surface area contributed by atoms with Gasteiger partial charge in [-0.25, -0.2) is 0 Å². The lowest BCUT2D eigenvalue weighted by atomic mass is 10.1. The van der Waals surface area contributed by atoms with E-state index in [4.69, 9.17) is 5.73 Å². The van der Waals surface area contributed by atoms with Crippen molar-refractivity contribution < 1.29 is 18.0 Å². The van der Waals surface area contributed by atoms with Crippen LogP contribution in [0.1, 0.15) is 12.0 Å². The zero-order chi connectivity index (χ0) is 16.6. The number of carbonyl (C=O) groups excluding carboxylic acids is 1. The number of hydrogen-bond acceptors (Lipinski definition) is 3. The standard InChI is InChI=1S/C16H13F3N2OS/c17-16(18,19)10-5-6-14-12(9-10)21(8-7-15(20)22)11-3-1-2-4-13(11)23-14/h1-6,9H,7-8H2,(H2,20,22). The van der Waals surface area contributed by atoms with Gasteiger partial charge in [-0.15, -0.1) is 0 Å². The average Bonchev–Trinajstić information content (AvgIpc) is 2.49. The number of para-hydroxylation sites is 1. The first-order chi connectivity index (χ1) is 10.9. The summed E-state index contributed by atoms with van der Waals surface area (Å²) in [5.74, 6) is -0.491. The van der Waals surface area contributed by atoms with Crippen LogP contribution in [0.5, 0.6) is 0 Å². The molecular weight excluding hydrogens is 325 g/mol. The average molecular weight is 338 g/mol. The Kier molecular flexibility index (Phi) is 3.97. The van der Waals surface area contributed by atoms with Gasteiger partial charge in [-0.05, 0) is 30.3 Å². The molecule has 0 aliphatic carbocycles. The molecule has 0 fully saturated rings. The molecule has 3 nitrogen and oxygen atoms in total. The summed E-state index contributed by atoms with van der Waals surface area (Å²) in [6, 6.07) is 11.1. The van der Waals surface area contributed by atoms with Crippen LogP contribution in [0.25, 0.3) is 0 Å². The van der Waals surface area contributed by atoms with E-state index < -0.39 is 17.6 Å². The Balaban J connectivity index is 2.08. The number of rotatable bonds is 3. The van der Waals surface area contributed by atoms with Crippen molar-refractivity contribution in [1.29, 1.82) is 0 Å². The molecule has 120 valence electrons. The molecule has 1 aliphatic heterocycles. The van der Waals surface area contributed by atoms with E-state index in [1.165, 1.54) is 17.8 Å². The Labute approximate surface area is 135 Å². The summed E-state index contributed by atoms with van der Waals surface area (Å²) >= 11 is 1.41. The highest BCUT2D eigenvalue weighted by Gasteiger charge is 2.33. The van der Waals surface area contributed by atoms with Gasteiger partial charge in [0, 0.05) is 22.8 Å². The first-order valence-electron chi connectivity index (χ1n) is 6.90. The van der Waals surface area contributed by atoms with Crippen LogP contribution in [-0.2, 0) is 11.0 Å². The van der Waals surface area contributed by atoms with E-state index in [2.05, 4.69) is 0 Å². The van der Waals surface area contributed by atoms with Crippen LogP contribution < -0.4 is 10.6 Å². The van der Waals surface area contributed by atoms with E-state index in [0.29, 0.717) is 5.69 Å². The van der Waals surface area contributed by atoms with Crippen LogP contribution >= 0.6 is 11.8 Å². The lowest BCUT2D eigenvalue weighted by Gasteiger charge is -2.33. The van der Waals surface area contributed by atoms with Crippen molar-refractivity contribution in [1.82, 2.24) is 0 Å². The summed E-state index contributed by atoms with van der Waals surface area (Å²) < 4.78 is 39.0. The Morgan fingerprint density at radius 3 is 2.48 bits per heavy atom. The molecule has 2 aromatic rings. The normalized spacial score (nSPS) is 13.4. The number of halogens is 3. The molecule has 0 saturated heterocycles. The molecule has 0 spiro atoms. The van der Waals surface area contributed by atoms with Gasteiger partial charge >= 0.3 is 6.18 Å². The van der Waals surface area contributed by atoms with Gasteiger partial charge in [0.1, 0.15) is 0 Å². The number of anilines is 2. The summed E-state index contributed by atoms with van der Waals surface area (Å²) in [5, 5.41) is 0. The minimum atomic E-state index is -4.41. The summed E-state index contributed by atoms with van der Waals surface area (Å²) in [6.07, 6.45) is -4.35. The minimum Gasteiger partial charge on any atom is -0.370 e. The summed E-state index contributed by atoms with van der Waals surface area (Å²) in [4.78, 5) is 14.5. The molecular formula is C16H13F3N2OS. The fraction of sp³-hybridized carbons (Fsp3) is 0.188. The van der Waals surface area contributed by atoms with E-state index in [1.807, 2.05) is 24.3 Å². The van der Waals surface area contributed by atoms with Crippen molar-refractivity contribution in [2.24, 2.45) is 5.73 Å². The molecule has 3 rings (SSSR count). The fourth-order valence-corrected chi connectivity index (χ4v) is 3.54. The van der Waals surface area contributed by atoms with Gasteiger partial charge in [0.05, 0.1) is 16.9 Å². The SMILES string of the molecule is NC(=O)CCN1c2ccccc2Sc2ccc(C(F)(F)F)cc21. The third-order valence-corrected chi connectivity index (χ3v) is 4.67. The van der Waals surface area contributed by atoms with Gasteiger partial charge < -0.3 is 10.6 Å². The van der Waals surface area contributed by atoms with Crippen LogP contribution in [0.3, 0.4) is 0 Å². The Morgan fingerprint density at radius 1 is 1.09 bits per heavy atom. The highest BCUT2D eigenvalue weighted by atomic mass is 32.2. The van der Waals surface area contributed by atoms with Crippen molar-refractivity contribution in [3.63, 3.8) is 0 Å². The highest BCUT2D eigenvalue weighted by molar-refractivity contribution is 7.99. The first-order valence-corrected chi connectivity index (χ1v) is 7.72. The number of primary amides is 1. The quantitative estimate of drug-likeness (QED) is 0.913. The predicted octanol–water partition coefficient (Wildman–Crippen LogP) is 4.18. The summed E-state index contributed by atoms with van der Waals surface area (Å²) in [6.45, 7) is 0.237. The molecule has 23 heavy (non-hydrogen) atoms. The lowest BCUT2D eigenvalue weighted by Crippen LogP contribution is -2.26. The topological polar surface area (TPSA) is 46.3 Å². The van der Waals surface area contributed by atoms with Crippen LogP contribution in [0, 0.1) is 0 Å². The van der Waals surface area contributed by atoms with Crippen LogP contribution in [-0.4, -0.2) is 12.5 Å². The molecule has 0 bridgehead atoms. The number of fused-ring (bicyclic) bond motifs is 2. The van der Waals surface area contributed by atoms with Gasteiger partial charge in [0.15, 0.2) is 0 Å². The molecule has 0 aromatic heterocycles. The Hall–Kier alpha value is -2.15. The fourth-order valence-electron chi connectivity index (χ4n) is 2.47. The molecule has 7 heteroatoms. The monoisotopic (exact) mass is 338 g/mol. The smallest absolute Gasteiger partial charge is 0.370 e. The summed E-state index contributed by atoms with van der Waals surface area (Å²) in [7, 11) is 0. The van der Waals surface area contributed by atoms with E-state index >= 15 is 0 Å². The van der Waals surface area contributed by atoms with Gasteiger partial charge in [-0.2, -0.15) is 13.2 Å². The number of nitrogens with two attached hydrogens (primary N) is 1. The zero-order valence-corrected chi connectivity index (χ0v) is 12.7. The molecule has 0 unspecified atom stereocenters. The third-order valence-electron chi connectivity index (χ3n) is 3.53. The number of hydrogen-bond donors (Lipinski definition) is 1. The maximum atomic E-state index is 13.0. The molecule has 1 aliphatic rings.